The molecule has 0 saturated carbocycles. The zero-order valence-electron chi connectivity index (χ0n) is 23.5. The smallest absolute Gasteiger partial charge is 0.414 e. The Bertz CT molecular complexity index is 1120. The molecule has 0 bridgehead atoms. The van der Waals surface area contributed by atoms with Gasteiger partial charge in [-0.25, -0.2) is 9.59 Å². The number of amides is 1. The Hall–Kier alpha value is -3.79. The summed E-state index contributed by atoms with van der Waals surface area (Å²) in [4.78, 5) is 36.1. The van der Waals surface area contributed by atoms with Crippen LogP contribution in [0.25, 0.3) is 0 Å². The second-order valence-corrected chi connectivity index (χ2v) is 10.1. The summed E-state index contributed by atoms with van der Waals surface area (Å²) in [6.45, 7) is 4.28. The molecule has 1 unspecified atom stereocenters. The van der Waals surface area contributed by atoms with E-state index in [9.17, 15) is 4.79 Å². The van der Waals surface area contributed by atoms with Crippen molar-refractivity contribution in [3.63, 3.8) is 0 Å². The minimum Gasteiger partial charge on any atom is -0.493 e. The fraction of sp³-hybridized carbons (Fsp3) is 0.500. The number of hydrogen-bond acceptors (Lipinski definition) is 7. The van der Waals surface area contributed by atoms with Crippen LogP contribution in [0.4, 0.5) is 0 Å². The summed E-state index contributed by atoms with van der Waals surface area (Å²) < 4.78 is 16.6. The Morgan fingerprint density at radius 1 is 0.825 bits per heavy atom. The number of rotatable bonds is 8. The third-order valence-corrected chi connectivity index (χ3v) is 7.51. The average Bonchev–Trinajstić information content (AvgIpc) is 2.97. The van der Waals surface area contributed by atoms with Gasteiger partial charge in [0, 0.05) is 31.7 Å². The van der Waals surface area contributed by atoms with Crippen LogP contribution in [0.15, 0.2) is 42.5 Å². The van der Waals surface area contributed by atoms with E-state index in [1.165, 1.54) is 5.56 Å². The van der Waals surface area contributed by atoms with Gasteiger partial charge in [0.05, 0.1) is 27.2 Å². The Labute approximate surface area is 235 Å². The van der Waals surface area contributed by atoms with Crippen molar-refractivity contribution in [2.75, 3.05) is 47.5 Å². The SMILES string of the molecule is COc1ccc(CN2CCCC(C(=O)N3CCC(Cc4ccccc4)CC3)C2)c(OC)c1OC.O=C(O)C(=O)O. The molecule has 0 aromatic heterocycles. The number of carboxylic acids is 2. The molecule has 218 valence electrons. The molecule has 2 aliphatic rings. The van der Waals surface area contributed by atoms with E-state index in [1.807, 2.05) is 12.1 Å². The summed E-state index contributed by atoms with van der Waals surface area (Å²) in [5.74, 6) is -0.587. The molecule has 1 atom stereocenters. The number of carbonyl (C=O) groups is 3. The molecule has 4 rings (SSSR count). The summed E-state index contributed by atoms with van der Waals surface area (Å²) >= 11 is 0. The lowest BCUT2D eigenvalue weighted by Crippen LogP contribution is -2.47. The predicted octanol–water partition coefficient (Wildman–Crippen LogP) is 3.56. The van der Waals surface area contributed by atoms with Gasteiger partial charge in [0.25, 0.3) is 0 Å². The number of carboxylic acid groups (broad SMARTS) is 2. The number of carbonyl (C=O) groups excluding carboxylic acids is 1. The third-order valence-electron chi connectivity index (χ3n) is 7.51. The molecule has 2 heterocycles. The Kier molecular flexibility index (Phi) is 11.6. The van der Waals surface area contributed by atoms with Crippen LogP contribution in [-0.4, -0.2) is 85.4 Å². The molecule has 2 saturated heterocycles. The van der Waals surface area contributed by atoms with Crippen LogP contribution in [0.1, 0.15) is 36.8 Å². The van der Waals surface area contributed by atoms with Crippen molar-refractivity contribution >= 4 is 17.8 Å². The molecular weight excluding hydrogens is 516 g/mol. The van der Waals surface area contributed by atoms with Gasteiger partial charge in [0.2, 0.25) is 11.7 Å². The molecule has 2 fully saturated rings. The van der Waals surface area contributed by atoms with Gasteiger partial charge in [0.15, 0.2) is 11.5 Å². The summed E-state index contributed by atoms with van der Waals surface area (Å²) in [6, 6.07) is 14.7. The predicted molar refractivity (Wildman–Crippen MR) is 149 cm³/mol. The van der Waals surface area contributed by atoms with Crippen LogP contribution in [0.3, 0.4) is 0 Å². The van der Waals surface area contributed by atoms with Crippen LogP contribution in [0.2, 0.25) is 0 Å². The molecule has 40 heavy (non-hydrogen) atoms. The van der Waals surface area contributed by atoms with E-state index in [-0.39, 0.29) is 5.92 Å². The van der Waals surface area contributed by atoms with E-state index in [0.29, 0.717) is 29.1 Å². The van der Waals surface area contributed by atoms with Gasteiger partial charge in [-0.2, -0.15) is 0 Å². The van der Waals surface area contributed by atoms with Crippen LogP contribution >= 0.6 is 0 Å². The van der Waals surface area contributed by atoms with E-state index in [4.69, 9.17) is 34.0 Å². The number of ether oxygens (including phenoxy) is 3. The van der Waals surface area contributed by atoms with Crippen molar-refractivity contribution in [1.82, 2.24) is 9.80 Å². The highest BCUT2D eigenvalue weighted by Gasteiger charge is 2.32. The van der Waals surface area contributed by atoms with Gasteiger partial charge < -0.3 is 29.3 Å². The summed E-state index contributed by atoms with van der Waals surface area (Å²) in [5, 5.41) is 14.8. The van der Waals surface area contributed by atoms with Crippen molar-refractivity contribution in [3.05, 3.63) is 53.6 Å². The standard InChI is InChI=1S/C28H38N2O4.C2H2O4/c1-32-25-12-11-23(26(33-2)27(25)34-3)19-29-15-7-10-24(20-29)28(31)30-16-13-22(14-17-30)18-21-8-5-4-6-9-21;3-1(4)2(5)6/h4-6,8-9,11-12,22,24H,7,10,13-20H2,1-3H3;(H,3,4)(H,5,6). The molecule has 10 heteroatoms. The number of hydrogen-bond donors (Lipinski definition) is 2. The molecule has 0 radical (unpaired) electrons. The van der Waals surface area contributed by atoms with Gasteiger partial charge >= 0.3 is 11.9 Å². The minimum atomic E-state index is -1.82. The minimum absolute atomic E-state index is 0.0746. The highest BCUT2D eigenvalue weighted by molar-refractivity contribution is 6.27. The fourth-order valence-electron chi connectivity index (χ4n) is 5.49. The van der Waals surface area contributed by atoms with Crippen LogP contribution in [-0.2, 0) is 27.3 Å². The highest BCUT2D eigenvalue weighted by Crippen LogP contribution is 2.40. The van der Waals surface area contributed by atoms with Crippen LogP contribution in [0.5, 0.6) is 17.2 Å². The number of aliphatic carboxylic acids is 2. The van der Waals surface area contributed by atoms with Gasteiger partial charge in [-0.1, -0.05) is 36.4 Å². The molecule has 0 spiro atoms. The third kappa shape index (κ3) is 8.35. The first kappa shape index (κ1) is 30.7. The van der Waals surface area contributed by atoms with Crippen molar-refractivity contribution < 1.29 is 38.8 Å². The Balaban J connectivity index is 0.000000663. The molecule has 2 N–H and O–H groups in total. The number of piperidine rings is 2. The molecule has 2 aromatic carbocycles. The van der Waals surface area contributed by atoms with Crippen molar-refractivity contribution in [2.45, 2.75) is 38.6 Å². The topological polar surface area (TPSA) is 126 Å². The summed E-state index contributed by atoms with van der Waals surface area (Å²) in [6.07, 6.45) is 5.33. The monoisotopic (exact) mass is 556 g/mol. The molecular formula is C30H40N2O8. The summed E-state index contributed by atoms with van der Waals surface area (Å²) in [5.41, 5.74) is 2.45. The zero-order valence-corrected chi connectivity index (χ0v) is 23.5. The zero-order chi connectivity index (χ0) is 29.1. The van der Waals surface area contributed by atoms with E-state index in [0.717, 1.165) is 70.4 Å². The van der Waals surface area contributed by atoms with Crippen molar-refractivity contribution in [3.8, 4) is 17.2 Å². The first-order valence-corrected chi connectivity index (χ1v) is 13.6. The second-order valence-electron chi connectivity index (χ2n) is 10.1. The van der Waals surface area contributed by atoms with Gasteiger partial charge in [-0.05, 0) is 56.2 Å². The van der Waals surface area contributed by atoms with E-state index >= 15 is 0 Å². The lowest BCUT2D eigenvalue weighted by molar-refractivity contribution is -0.159. The summed E-state index contributed by atoms with van der Waals surface area (Å²) in [7, 11) is 4.91. The molecule has 2 aliphatic heterocycles. The van der Waals surface area contributed by atoms with Crippen LogP contribution < -0.4 is 14.2 Å². The van der Waals surface area contributed by atoms with E-state index < -0.39 is 11.9 Å². The maximum atomic E-state index is 13.4. The Morgan fingerprint density at radius 2 is 1.48 bits per heavy atom. The Morgan fingerprint density at radius 3 is 2.05 bits per heavy atom. The normalized spacial score (nSPS) is 17.8. The molecule has 1 amide bonds. The number of nitrogens with zero attached hydrogens (tertiary/aromatic N) is 2. The number of methoxy groups -OCH3 is 3. The first-order chi connectivity index (χ1) is 19.3. The first-order valence-electron chi connectivity index (χ1n) is 13.6. The van der Waals surface area contributed by atoms with Gasteiger partial charge in [-0.3, -0.25) is 9.69 Å². The lowest BCUT2D eigenvalue weighted by atomic mass is 9.89. The van der Waals surface area contributed by atoms with Crippen molar-refractivity contribution in [1.29, 1.82) is 0 Å². The fourth-order valence-corrected chi connectivity index (χ4v) is 5.49. The average molecular weight is 557 g/mol. The van der Waals surface area contributed by atoms with Crippen LogP contribution in [0, 0.1) is 11.8 Å². The van der Waals surface area contributed by atoms with E-state index in [1.54, 1.807) is 21.3 Å². The highest BCUT2D eigenvalue weighted by atomic mass is 16.5. The second kappa shape index (κ2) is 15.1. The largest absolute Gasteiger partial charge is 0.493 e. The van der Waals surface area contributed by atoms with Crippen molar-refractivity contribution in [2.24, 2.45) is 11.8 Å². The molecule has 0 aliphatic carbocycles. The molecule has 10 nitrogen and oxygen atoms in total. The van der Waals surface area contributed by atoms with E-state index in [2.05, 4.69) is 40.1 Å². The van der Waals surface area contributed by atoms with Gasteiger partial charge in [-0.15, -0.1) is 0 Å². The maximum Gasteiger partial charge on any atom is 0.414 e. The van der Waals surface area contributed by atoms with Gasteiger partial charge in [0.1, 0.15) is 0 Å². The maximum absolute atomic E-state index is 13.4. The number of likely N-dealkylation sites (tertiary alicyclic amines) is 2. The lowest BCUT2D eigenvalue weighted by Gasteiger charge is -2.38. The quantitative estimate of drug-likeness (QED) is 0.470. The molecule has 2 aromatic rings. The number of benzene rings is 2.